The predicted molar refractivity (Wildman–Crippen MR) is 115 cm³/mol. The van der Waals surface area contributed by atoms with Crippen molar-refractivity contribution in [3.05, 3.63) is 89.9 Å². The van der Waals surface area contributed by atoms with E-state index in [9.17, 15) is 0 Å². The van der Waals surface area contributed by atoms with Crippen molar-refractivity contribution in [2.45, 2.75) is 19.4 Å². The quantitative estimate of drug-likeness (QED) is 0.344. The van der Waals surface area contributed by atoms with Crippen LogP contribution in [0.4, 0.5) is 0 Å². The van der Waals surface area contributed by atoms with Gasteiger partial charge in [0.05, 0.1) is 10.4 Å². The first kappa shape index (κ1) is 16.3. The van der Waals surface area contributed by atoms with Crippen molar-refractivity contribution in [1.29, 1.82) is 0 Å². The second-order valence-corrected chi connectivity index (χ2v) is 7.74. The molecule has 0 fully saturated rings. The monoisotopic (exact) mass is 368 g/mol. The highest BCUT2D eigenvalue weighted by atomic mass is 32.1. The van der Waals surface area contributed by atoms with E-state index in [4.69, 9.17) is 4.98 Å². The highest BCUT2D eigenvalue weighted by molar-refractivity contribution is 7.13. The fourth-order valence-electron chi connectivity index (χ4n) is 3.91. The van der Waals surface area contributed by atoms with Gasteiger partial charge in [0.15, 0.2) is 0 Å². The Morgan fingerprint density at radius 1 is 0.815 bits per heavy atom. The fourth-order valence-corrected chi connectivity index (χ4v) is 4.64. The van der Waals surface area contributed by atoms with Gasteiger partial charge in [-0.2, -0.15) is 0 Å². The normalized spacial score (nSPS) is 11.4. The summed E-state index contributed by atoms with van der Waals surface area (Å²) in [6.45, 7) is 0.989. The van der Waals surface area contributed by atoms with Crippen LogP contribution in [0, 0.1) is 0 Å². The van der Waals surface area contributed by atoms with Gasteiger partial charge in [-0.05, 0) is 42.0 Å². The van der Waals surface area contributed by atoms with Gasteiger partial charge in [-0.3, -0.25) is 4.98 Å². The Labute approximate surface area is 162 Å². The molecule has 2 aromatic carbocycles. The van der Waals surface area contributed by atoms with Crippen molar-refractivity contribution < 1.29 is 0 Å². The molecular weight excluding hydrogens is 348 g/mol. The maximum Gasteiger partial charge on any atom is 0.104 e. The molecule has 3 aromatic heterocycles. The van der Waals surface area contributed by atoms with Gasteiger partial charge in [-0.15, -0.1) is 11.3 Å². The molecule has 5 rings (SSSR count). The lowest BCUT2D eigenvalue weighted by atomic mass is 10.1. The summed E-state index contributed by atoms with van der Waals surface area (Å²) in [5.74, 6) is 0. The van der Waals surface area contributed by atoms with E-state index in [1.165, 1.54) is 32.2 Å². The predicted octanol–water partition coefficient (Wildman–Crippen LogP) is 6.55. The Morgan fingerprint density at radius 3 is 2.52 bits per heavy atom. The number of aryl methyl sites for hydroxylation is 2. The third-order valence-corrected chi connectivity index (χ3v) is 6.00. The second kappa shape index (κ2) is 7.01. The van der Waals surface area contributed by atoms with Crippen molar-refractivity contribution in [3.8, 4) is 10.6 Å². The minimum Gasteiger partial charge on any atom is -0.339 e. The van der Waals surface area contributed by atoms with E-state index >= 15 is 0 Å². The van der Waals surface area contributed by atoms with Gasteiger partial charge in [0.25, 0.3) is 0 Å². The van der Waals surface area contributed by atoms with Gasteiger partial charge >= 0.3 is 0 Å². The lowest BCUT2D eigenvalue weighted by Gasteiger charge is -2.10. The molecule has 0 aliphatic rings. The number of benzene rings is 2. The molecule has 0 N–H and O–H groups in total. The molecule has 0 atom stereocenters. The SMILES string of the molecule is c1ccc(CCCn2c3ccccc3c3ccnc(-c4cccs4)c32)cc1. The van der Waals surface area contributed by atoms with Crippen LogP contribution < -0.4 is 0 Å². The van der Waals surface area contributed by atoms with E-state index in [0.29, 0.717) is 0 Å². The Balaban J connectivity index is 1.62. The van der Waals surface area contributed by atoms with Crippen molar-refractivity contribution >= 4 is 33.1 Å². The largest absolute Gasteiger partial charge is 0.339 e. The van der Waals surface area contributed by atoms with Crippen LogP contribution in [0.25, 0.3) is 32.4 Å². The highest BCUT2D eigenvalue weighted by Crippen LogP contribution is 2.36. The van der Waals surface area contributed by atoms with Crippen LogP contribution in [0.5, 0.6) is 0 Å². The second-order valence-electron chi connectivity index (χ2n) is 6.79. The van der Waals surface area contributed by atoms with Crippen molar-refractivity contribution in [2.75, 3.05) is 0 Å². The Morgan fingerprint density at radius 2 is 1.67 bits per heavy atom. The summed E-state index contributed by atoms with van der Waals surface area (Å²) >= 11 is 1.75. The lowest BCUT2D eigenvalue weighted by molar-refractivity contribution is 0.678. The summed E-state index contributed by atoms with van der Waals surface area (Å²) in [6.07, 6.45) is 4.14. The van der Waals surface area contributed by atoms with E-state index in [0.717, 1.165) is 25.1 Å². The molecular formula is C24H20N2S. The summed E-state index contributed by atoms with van der Waals surface area (Å²) < 4.78 is 2.47. The molecule has 2 nitrogen and oxygen atoms in total. The molecule has 0 aliphatic heterocycles. The van der Waals surface area contributed by atoms with E-state index in [2.05, 4.69) is 82.7 Å². The highest BCUT2D eigenvalue weighted by Gasteiger charge is 2.16. The first-order chi connectivity index (χ1) is 13.4. The zero-order chi connectivity index (χ0) is 18.1. The molecule has 3 heterocycles. The van der Waals surface area contributed by atoms with E-state index in [1.54, 1.807) is 11.3 Å². The van der Waals surface area contributed by atoms with Gasteiger partial charge in [0.2, 0.25) is 0 Å². The number of rotatable bonds is 5. The van der Waals surface area contributed by atoms with Crippen LogP contribution in [0.3, 0.4) is 0 Å². The molecule has 0 radical (unpaired) electrons. The minimum absolute atomic E-state index is 0.989. The van der Waals surface area contributed by atoms with Gasteiger partial charge < -0.3 is 4.57 Å². The molecule has 0 aliphatic carbocycles. The minimum atomic E-state index is 0.989. The molecule has 3 heteroatoms. The summed E-state index contributed by atoms with van der Waals surface area (Å²) in [5.41, 5.74) is 5.05. The average Bonchev–Trinajstić information content (AvgIpc) is 3.36. The van der Waals surface area contributed by atoms with E-state index in [-0.39, 0.29) is 0 Å². The third kappa shape index (κ3) is 2.94. The molecule has 0 amide bonds. The number of pyridine rings is 1. The molecule has 0 bridgehead atoms. The zero-order valence-electron chi connectivity index (χ0n) is 15.0. The van der Waals surface area contributed by atoms with Crippen LogP contribution in [-0.4, -0.2) is 9.55 Å². The Hall–Kier alpha value is -2.91. The molecule has 0 unspecified atom stereocenters. The van der Waals surface area contributed by atoms with Crippen LogP contribution in [-0.2, 0) is 13.0 Å². The van der Waals surface area contributed by atoms with Gasteiger partial charge in [0.1, 0.15) is 5.69 Å². The van der Waals surface area contributed by atoms with Gasteiger partial charge in [0, 0.05) is 29.0 Å². The van der Waals surface area contributed by atoms with Crippen LogP contribution in [0.1, 0.15) is 12.0 Å². The van der Waals surface area contributed by atoms with E-state index < -0.39 is 0 Å². The molecule has 0 saturated heterocycles. The first-order valence-corrected chi connectivity index (χ1v) is 10.2. The van der Waals surface area contributed by atoms with Crippen molar-refractivity contribution in [1.82, 2.24) is 9.55 Å². The van der Waals surface area contributed by atoms with E-state index in [1.807, 2.05) is 6.20 Å². The summed E-state index contributed by atoms with van der Waals surface area (Å²) in [4.78, 5) is 5.99. The molecule has 132 valence electrons. The first-order valence-electron chi connectivity index (χ1n) is 9.35. The number of nitrogens with zero attached hydrogens (tertiary/aromatic N) is 2. The Bertz CT molecular complexity index is 1190. The Kier molecular flexibility index (Phi) is 4.23. The summed E-state index contributed by atoms with van der Waals surface area (Å²) in [6, 6.07) is 25.9. The van der Waals surface area contributed by atoms with Gasteiger partial charge in [-0.1, -0.05) is 54.6 Å². The zero-order valence-corrected chi connectivity index (χ0v) is 15.8. The molecule has 0 saturated carbocycles. The molecule has 5 aromatic rings. The van der Waals surface area contributed by atoms with Crippen LogP contribution in [0.2, 0.25) is 0 Å². The number of fused-ring (bicyclic) bond motifs is 3. The number of para-hydroxylation sites is 1. The number of thiophene rings is 1. The number of hydrogen-bond donors (Lipinski definition) is 0. The number of hydrogen-bond acceptors (Lipinski definition) is 2. The molecule has 27 heavy (non-hydrogen) atoms. The van der Waals surface area contributed by atoms with Crippen LogP contribution >= 0.6 is 11.3 Å². The fraction of sp³-hybridized carbons (Fsp3) is 0.125. The number of aromatic nitrogens is 2. The third-order valence-electron chi connectivity index (χ3n) is 5.12. The summed E-state index contributed by atoms with van der Waals surface area (Å²) in [7, 11) is 0. The summed E-state index contributed by atoms with van der Waals surface area (Å²) in [5, 5.41) is 4.73. The van der Waals surface area contributed by atoms with Crippen molar-refractivity contribution in [3.63, 3.8) is 0 Å². The smallest absolute Gasteiger partial charge is 0.104 e. The standard InChI is InChI=1S/C24H20N2S/c1-2-8-18(9-3-1)10-6-16-26-21-12-5-4-11-19(21)20-14-15-25-23(24(20)26)22-13-7-17-27-22/h1-5,7-9,11-15,17H,6,10,16H2. The maximum atomic E-state index is 4.76. The van der Waals surface area contributed by atoms with Crippen LogP contribution in [0.15, 0.2) is 84.4 Å². The van der Waals surface area contributed by atoms with Gasteiger partial charge in [-0.25, -0.2) is 0 Å². The van der Waals surface area contributed by atoms with Crippen molar-refractivity contribution in [2.24, 2.45) is 0 Å². The maximum absolute atomic E-state index is 4.76. The molecule has 0 spiro atoms. The lowest BCUT2D eigenvalue weighted by Crippen LogP contribution is -2.01. The average molecular weight is 369 g/mol. The topological polar surface area (TPSA) is 17.8 Å².